The molecule has 0 aromatic heterocycles. The average Bonchev–Trinajstić information content (AvgIpc) is 2.74. The molecule has 2 amide bonds. The first-order valence-electron chi connectivity index (χ1n) is 6.44. The predicted molar refractivity (Wildman–Crippen MR) is 75.4 cm³/mol. The van der Waals surface area contributed by atoms with Crippen molar-refractivity contribution < 1.29 is 23.1 Å². The van der Waals surface area contributed by atoms with E-state index in [4.69, 9.17) is 5.11 Å². The zero-order valence-electron chi connectivity index (χ0n) is 11.1. The van der Waals surface area contributed by atoms with E-state index in [0.29, 0.717) is 18.6 Å². The maximum Gasteiger partial charge on any atom is 0.327 e. The zero-order valence-corrected chi connectivity index (χ0v) is 12.7. The molecule has 2 heterocycles. The number of carboxylic acid groups (broad SMARTS) is 1. The molecule has 2 fully saturated rings. The van der Waals surface area contributed by atoms with Gasteiger partial charge >= 0.3 is 12.0 Å². The second-order valence-electron chi connectivity index (χ2n) is 5.07. The summed E-state index contributed by atoms with van der Waals surface area (Å²) in [5.41, 5.74) is 0. The normalized spacial score (nSPS) is 30.1. The number of aliphatic carboxylic acids is 1. The topological polar surface area (TPSA) is 104 Å². The molecule has 2 unspecified atom stereocenters. The average molecular weight is 322 g/mol. The lowest BCUT2D eigenvalue weighted by Gasteiger charge is -2.29. The lowest BCUT2D eigenvalue weighted by Crippen LogP contribution is -2.53. The Morgan fingerprint density at radius 1 is 1.30 bits per heavy atom. The summed E-state index contributed by atoms with van der Waals surface area (Å²) in [6.07, 6.45) is 0.780. The minimum atomic E-state index is -2.97. The molecule has 7 nitrogen and oxygen atoms in total. The standard InChI is InChI=1S/C11H18N2O5S2/c1-7-13(9(6-19-7)10(14)15)11(16)12-8-2-4-20(17,18)5-3-8/h7-9H,2-6H2,1H3,(H,12,16)(H,14,15). The Balaban J connectivity index is 1.96. The molecule has 20 heavy (non-hydrogen) atoms. The highest BCUT2D eigenvalue weighted by molar-refractivity contribution is 8.00. The Hall–Kier alpha value is -0.960. The number of rotatable bonds is 2. The van der Waals surface area contributed by atoms with Crippen LogP contribution in [0, 0.1) is 0 Å². The summed E-state index contributed by atoms with van der Waals surface area (Å²) < 4.78 is 22.7. The number of carbonyl (C=O) groups is 2. The number of nitrogens with zero attached hydrogens (tertiary/aromatic N) is 1. The molecule has 2 aliphatic heterocycles. The van der Waals surface area contributed by atoms with Gasteiger partial charge in [0.25, 0.3) is 0 Å². The van der Waals surface area contributed by atoms with Crippen molar-refractivity contribution in [3.8, 4) is 0 Å². The highest BCUT2D eigenvalue weighted by atomic mass is 32.2. The molecule has 0 radical (unpaired) electrons. The largest absolute Gasteiger partial charge is 0.480 e. The van der Waals surface area contributed by atoms with E-state index in [9.17, 15) is 18.0 Å². The minimum absolute atomic E-state index is 0.0740. The summed E-state index contributed by atoms with van der Waals surface area (Å²) in [7, 11) is -2.97. The molecule has 0 bridgehead atoms. The predicted octanol–water partition coefficient (Wildman–Crippen LogP) is 0.121. The van der Waals surface area contributed by atoms with E-state index in [0.717, 1.165) is 0 Å². The van der Waals surface area contributed by atoms with Crippen LogP contribution in [0.4, 0.5) is 4.79 Å². The van der Waals surface area contributed by atoms with Crippen LogP contribution in [0.25, 0.3) is 0 Å². The molecule has 114 valence electrons. The Kier molecular flexibility index (Phi) is 4.48. The maximum atomic E-state index is 12.2. The first-order valence-corrected chi connectivity index (χ1v) is 9.31. The van der Waals surface area contributed by atoms with Crippen LogP contribution in [-0.2, 0) is 14.6 Å². The molecule has 2 aliphatic rings. The van der Waals surface area contributed by atoms with Crippen molar-refractivity contribution in [3.63, 3.8) is 0 Å². The second-order valence-corrected chi connectivity index (χ2v) is 8.72. The van der Waals surface area contributed by atoms with Crippen LogP contribution in [0.1, 0.15) is 19.8 Å². The highest BCUT2D eigenvalue weighted by Crippen LogP contribution is 2.29. The van der Waals surface area contributed by atoms with Crippen LogP contribution < -0.4 is 5.32 Å². The molecule has 2 saturated heterocycles. The summed E-state index contributed by atoms with van der Waals surface area (Å²) in [6, 6.07) is -1.43. The SMILES string of the molecule is CC1SCC(C(=O)O)N1C(=O)NC1CCS(=O)(=O)CC1. The number of urea groups is 1. The van der Waals surface area contributed by atoms with Crippen LogP contribution in [-0.4, -0.2) is 65.1 Å². The number of amides is 2. The minimum Gasteiger partial charge on any atom is -0.480 e. The lowest BCUT2D eigenvalue weighted by atomic mass is 10.1. The zero-order chi connectivity index (χ0) is 14.9. The molecule has 0 aromatic rings. The van der Waals surface area contributed by atoms with E-state index >= 15 is 0 Å². The van der Waals surface area contributed by atoms with Gasteiger partial charge < -0.3 is 10.4 Å². The van der Waals surface area contributed by atoms with Gasteiger partial charge in [0.15, 0.2) is 0 Å². The van der Waals surface area contributed by atoms with Gasteiger partial charge in [-0.25, -0.2) is 18.0 Å². The lowest BCUT2D eigenvalue weighted by molar-refractivity contribution is -0.141. The summed E-state index contributed by atoms with van der Waals surface area (Å²) in [5, 5.41) is 11.7. The van der Waals surface area contributed by atoms with E-state index in [1.807, 2.05) is 0 Å². The molecule has 2 atom stereocenters. The Labute approximate surface area is 122 Å². The first kappa shape index (κ1) is 15.4. The van der Waals surface area contributed by atoms with E-state index in [2.05, 4.69) is 5.32 Å². The molecule has 9 heteroatoms. The number of hydrogen-bond donors (Lipinski definition) is 2. The Morgan fingerprint density at radius 3 is 2.45 bits per heavy atom. The molecule has 2 rings (SSSR count). The third-order valence-electron chi connectivity index (χ3n) is 3.62. The van der Waals surface area contributed by atoms with Crippen molar-refractivity contribution in [2.75, 3.05) is 17.3 Å². The van der Waals surface area contributed by atoms with Gasteiger partial charge in [-0.05, 0) is 19.8 Å². The van der Waals surface area contributed by atoms with Crippen LogP contribution in [0.15, 0.2) is 0 Å². The van der Waals surface area contributed by atoms with Crippen molar-refractivity contribution in [2.24, 2.45) is 0 Å². The Morgan fingerprint density at radius 2 is 1.90 bits per heavy atom. The second kappa shape index (κ2) is 5.80. The fourth-order valence-corrected chi connectivity index (χ4v) is 5.08. The van der Waals surface area contributed by atoms with Crippen molar-refractivity contribution in [2.45, 2.75) is 37.2 Å². The van der Waals surface area contributed by atoms with E-state index in [-0.39, 0.29) is 22.9 Å². The molecule has 2 N–H and O–H groups in total. The monoisotopic (exact) mass is 322 g/mol. The number of sulfone groups is 1. The number of carbonyl (C=O) groups excluding carboxylic acids is 1. The van der Waals surface area contributed by atoms with Crippen LogP contribution in [0.5, 0.6) is 0 Å². The third-order valence-corrected chi connectivity index (χ3v) is 6.56. The van der Waals surface area contributed by atoms with E-state index in [1.54, 1.807) is 6.92 Å². The molecule has 0 spiro atoms. The first-order chi connectivity index (χ1) is 9.30. The number of nitrogens with one attached hydrogen (secondary N) is 1. The fourth-order valence-electron chi connectivity index (χ4n) is 2.42. The van der Waals surface area contributed by atoms with Crippen LogP contribution in [0.2, 0.25) is 0 Å². The van der Waals surface area contributed by atoms with Gasteiger partial charge in [-0.2, -0.15) is 0 Å². The van der Waals surface area contributed by atoms with Crippen molar-refractivity contribution in [1.82, 2.24) is 10.2 Å². The molecular formula is C11H18N2O5S2. The van der Waals surface area contributed by atoms with Gasteiger partial charge in [-0.1, -0.05) is 0 Å². The van der Waals surface area contributed by atoms with Gasteiger partial charge in [0.1, 0.15) is 15.9 Å². The molecular weight excluding hydrogens is 304 g/mol. The van der Waals surface area contributed by atoms with Crippen LogP contribution in [0.3, 0.4) is 0 Å². The number of carboxylic acids is 1. The van der Waals surface area contributed by atoms with Gasteiger partial charge in [0.2, 0.25) is 0 Å². The molecule has 0 aliphatic carbocycles. The van der Waals surface area contributed by atoms with Crippen molar-refractivity contribution in [3.05, 3.63) is 0 Å². The van der Waals surface area contributed by atoms with E-state index in [1.165, 1.54) is 16.7 Å². The smallest absolute Gasteiger partial charge is 0.327 e. The number of thioether (sulfide) groups is 1. The fraction of sp³-hybridized carbons (Fsp3) is 0.818. The summed E-state index contributed by atoms with van der Waals surface area (Å²) in [5.74, 6) is -0.485. The summed E-state index contributed by atoms with van der Waals surface area (Å²) in [4.78, 5) is 24.6. The maximum absolute atomic E-state index is 12.2. The van der Waals surface area contributed by atoms with Crippen molar-refractivity contribution in [1.29, 1.82) is 0 Å². The van der Waals surface area contributed by atoms with E-state index < -0.39 is 27.9 Å². The molecule has 0 saturated carbocycles. The number of hydrogen-bond acceptors (Lipinski definition) is 5. The summed E-state index contributed by atoms with van der Waals surface area (Å²) in [6.45, 7) is 1.79. The van der Waals surface area contributed by atoms with Gasteiger partial charge in [-0.3, -0.25) is 4.90 Å². The van der Waals surface area contributed by atoms with Gasteiger partial charge in [0, 0.05) is 11.8 Å². The Bertz CT molecular complexity index is 493. The van der Waals surface area contributed by atoms with Gasteiger partial charge in [-0.15, -0.1) is 11.8 Å². The third kappa shape index (κ3) is 3.38. The quantitative estimate of drug-likeness (QED) is 0.748. The molecule has 0 aromatic carbocycles. The van der Waals surface area contributed by atoms with Crippen molar-refractivity contribution >= 4 is 33.6 Å². The summed E-state index contributed by atoms with van der Waals surface area (Å²) >= 11 is 1.42. The highest BCUT2D eigenvalue weighted by Gasteiger charge is 2.40. The van der Waals surface area contributed by atoms with Gasteiger partial charge in [0.05, 0.1) is 16.9 Å². The van der Waals surface area contributed by atoms with Crippen LogP contribution >= 0.6 is 11.8 Å².